The molecule has 2 atom stereocenters. The zero-order valence-corrected chi connectivity index (χ0v) is 14.9. The molecule has 5 nitrogen and oxygen atoms in total. The molecule has 1 saturated carbocycles. The minimum absolute atomic E-state index is 0.00884. The molecule has 1 aromatic carbocycles. The molecule has 1 amide bonds. The van der Waals surface area contributed by atoms with Crippen molar-refractivity contribution >= 4 is 5.91 Å². The van der Waals surface area contributed by atoms with Crippen molar-refractivity contribution in [1.82, 2.24) is 15.1 Å². The van der Waals surface area contributed by atoms with Crippen LogP contribution in [0.25, 0.3) is 0 Å². The van der Waals surface area contributed by atoms with E-state index in [-0.39, 0.29) is 24.4 Å². The predicted molar refractivity (Wildman–Crippen MR) is 93.1 cm³/mol. The molecule has 1 N–H and O–H groups in total. The second-order valence-corrected chi connectivity index (χ2v) is 6.74. The number of hydrogen-bond acceptors (Lipinski definition) is 3. The van der Waals surface area contributed by atoms with Crippen LogP contribution in [0.15, 0.2) is 24.3 Å². The Morgan fingerprint density at radius 2 is 2.04 bits per heavy atom. The van der Waals surface area contributed by atoms with Crippen LogP contribution >= 0.6 is 0 Å². The van der Waals surface area contributed by atoms with Gasteiger partial charge in [0.2, 0.25) is 0 Å². The van der Waals surface area contributed by atoms with E-state index >= 15 is 0 Å². The van der Waals surface area contributed by atoms with Crippen LogP contribution in [0.4, 0.5) is 4.39 Å². The molecule has 3 rings (SSSR count). The highest BCUT2D eigenvalue weighted by Gasteiger charge is 2.27. The molecule has 1 aliphatic rings. The number of carbonyl (C=O) groups excluding carboxylic acids is 1. The van der Waals surface area contributed by atoms with Gasteiger partial charge in [0.25, 0.3) is 5.91 Å². The summed E-state index contributed by atoms with van der Waals surface area (Å²) in [4.78, 5) is 12.2. The van der Waals surface area contributed by atoms with Crippen LogP contribution < -0.4 is 10.1 Å². The zero-order chi connectivity index (χ0) is 18.0. The lowest BCUT2D eigenvalue weighted by molar-refractivity contribution is -0.123. The summed E-state index contributed by atoms with van der Waals surface area (Å²) >= 11 is 0. The van der Waals surface area contributed by atoms with Gasteiger partial charge in [0.15, 0.2) is 12.4 Å². The van der Waals surface area contributed by atoms with E-state index in [9.17, 15) is 9.18 Å². The minimum Gasteiger partial charge on any atom is -0.480 e. The fourth-order valence-corrected chi connectivity index (χ4v) is 3.52. The van der Waals surface area contributed by atoms with Crippen LogP contribution in [0.3, 0.4) is 0 Å². The van der Waals surface area contributed by atoms with Gasteiger partial charge in [-0.05, 0) is 56.7 Å². The largest absolute Gasteiger partial charge is 0.480 e. The van der Waals surface area contributed by atoms with Crippen molar-refractivity contribution in [1.29, 1.82) is 0 Å². The standard InChI is InChI=1S/C19H24FN3O2/c1-12-19(13(2)23(3)22-12)25-11-18(24)21-17-9-6-15(10-17)14-4-7-16(20)8-5-14/h4-5,7-8,15,17H,6,9-11H2,1-3H3,(H,21,24)/t15-,17-/m0/s1. The van der Waals surface area contributed by atoms with Gasteiger partial charge in [-0.2, -0.15) is 5.10 Å². The molecule has 1 fully saturated rings. The number of halogens is 1. The first-order chi connectivity index (χ1) is 11.9. The molecule has 6 heteroatoms. The van der Waals surface area contributed by atoms with Crippen molar-refractivity contribution < 1.29 is 13.9 Å². The van der Waals surface area contributed by atoms with Crippen molar-refractivity contribution in [2.45, 2.75) is 45.1 Å². The van der Waals surface area contributed by atoms with E-state index in [1.54, 1.807) is 4.68 Å². The van der Waals surface area contributed by atoms with Crippen LogP contribution in [-0.4, -0.2) is 28.3 Å². The van der Waals surface area contributed by atoms with Gasteiger partial charge < -0.3 is 10.1 Å². The average molecular weight is 345 g/mol. The topological polar surface area (TPSA) is 56.2 Å². The smallest absolute Gasteiger partial charge is 0.258 e. The normalized spacial score (nSPS) is 19.8. The molecule has 0 unspecified atom stereocenters. The maximum Gasteiger partial charge on any atom is 0.258 e. The Labute approximate surface area is 147 Å². The van der Waals surface area contributed by atoms with E-state index in [4.69, 9.17) is 4.74 Å². The van der Waals surface area contributed by atoms with Crippen LogP contribution in [0.1, 0.15) is 42.1 Å². The van der Waals surface area contributed by atoms with E-state index < -0.39 is 0 Å². The first kappa shape index (κ1) is 17.5. The zero-order valence-electron chi connectivity index (χ0n) is 14.9. The fraction of sp³-hybridized carbons (Fsp3) is 0.474. The van der Waals surface area contributed by atoms with E-state index in [0.29, 0.717) is 11.7 Å². The maximum atomic E-state index is 13.0. The highest BCUT2D eigenvalue weighted by Crippen LogP contribution is 2.34. The Morgan fingerprint density at radius 3 is 2.68 bits per heavy atom. The Morgan fingerprint density at radius 1 is 1.32 bits per heavy atom. The van der Waals surface area contributed by atoms with Crippen LogP contribution in [0.2, 0.25) is 0 Å². The van der Waals surface area contributed by atoms with Crippen molar-refractivity contribution in [3.8, 4) is 5.75 Å². The summed E-state index contributed by atoms with van der Waals surface area (Å²) in [5.74, 6) is 0.708. The van der Waals surface area contributed by atoms with Crippen molar-refractivity contribution in [3.63, 3.8) is 0 Å². The molecule has 0 radical (unpaired) electrons. The molecule has 25 heavy (non-hydrogen) atoms. The summed E-state index contributed by atoms with van der Waals surface area (Å²) in [7, 11) is 1.85. The SMILES string of the molecule is Cc1nn(C)c(C)c1OCC(=O)N[C@H]1CC[C@H](c2ccc(F)cc2)C1. The monoisotopic (exact) mass is 345 g/mol. The average Bonchev–Trinajstić information content (AvgIpc) is 3.12. The van der Waals surface area contributed by atoms with E-state index in [2.05, 4.69) is 10.4 Å². The molecule has 0 bridgehead atoms. The fourth-order valence-electron chi connectivity index (χ4n) is 3.52. The summed E-state index contributed by atoms with van der Waals surface area (Å²) < 4.78 is 20.4. The lowest BCUT2D eigenvalue weighted by atomic mass is 9.97. The van der Waals surface area contributed by atoms with Crippen LogP contribution in [-0.2, 0) is 11.8 Å². The third-order valence-corrected chi connectivity index (χ3v) is 4.93. The number of carbonyl (C=O) groups is 1. The molecular weight excluding hydrogens is 321 g/mol. The Kier molecular flexibility index (Phi) is 5.06. The first-order valence-corrected chi connectivity index (χ1v) is 8.62. The summed E-state index contributed by atoms with van der Waals surface area (Å²) in [5.41, 5.74) is 2.82. The van der Waals surface area contributed by atoms with E-state index in [0.717, 1.165) is 36.2 Å². The quantitative estimate of drug-likeness (QED) is 0.906. The summed E-state index contributed by atoms with van der Waals surface area (Å²) in [6, 6.07) is 6.80. The molecule has 134 valence electrons. The predicted octanol–water partition coefficient (Wildman–Crippen LogP) is 3.01. The number of amides is 1. The van der Waals surface area contributed by atoms with Gasteiger partial charge in [0.05, 0.1) is 5.69 Å². The minimum atomic E-state index is -0.218. The number of nitrogens with one attached hydrogen (secondary N) is 1. The molecule has 1 aliphatic carbocycles. The molecule has 1 aromatic heterocycles. The van der Waals surface area contributed by atoms with Gasteiger partial charge in [-0.1, -0.05) is 12.1 Å². The summed E-state index contributed by atoms with van der Waals surface area (Å²) in [5, 5.41) is 7.32. The van der Waals surface area contributed by atoms with Gasteiger partial charge in [0.1, 0.15) is 11.5 Å². The third kappa shape index (κ3) is 4.00. The van der Waals surface area contributed by atoms with E-state index in [1.165, 1.54) is 12.1 Å². The molecule has 0 saturated heterocycles. The van der Waals surface area contributed by atoms with E-state index in [1.807, 2.05) is 33.0 Å². The summed E-state index contributed by atoms with van der Waals surface area (Å²) in [6.07, 6.45) is 2.80. The molecular formula is C19H24FN3O2. The van der Waals surface area contributed by atoms with Crippen molar-refractivity contribution in [2.24, 2.45) is 7.05 Å². The lowest BCUT2D eigenvalue weighted by Crippen LogP contribution is -2.36. The molecule has 0 spiro atoms. The van der Waals surface area contributed by atoms with Gasteiger partial charge >= 0.3 is 0 Å². The van der Waals surface area contributed by atoms with Crippen molar-refractivity contribution in [2.75, 3.05) is 6.61 Å². The van der Waals surface area contributed by atoms with Gasteiger partial charge in [-0.25, -0.2) is 4.39 Å². The van der Waals surface area contributed by atoms with Crippen LogP contribution in [0.5, 0.6) is 5.75 Å². The molecule has 0 aliphatic heterocycles. The molecule has 1 heterocycles. The molecule has 2 aromatic rings. The summed E-state index contributed by atoms with van der Waals surface area (Å²) in [6.45, 7) is 3.77. The number of nitrogens with zero attached hydrogens (tertiary/aromatic N) is 2. The number of aryl methyl sites for hydroxylation is 2. The van der Waals surface area contributed by atoms with Gasteiger partial charge in [0, 0.05) is 13.1 Å². The highest BCUT2D eigenvalue weighted by atomic mass is 19.1. The second-order valence-electron chi connectivity index (χ2n) is 6.74. The van der Waals surface area contributed by atoms with Crippen molar-refractivity contribution in [3.05, 3.63) is 47.0 Å². The first-order valence-electron chi connectivity index (χ1n) is 8.62. The third-order valence-electron chi connectivity index (χ3n) is 4.93. The maximum absolute atomic E-state index is 13.0. The van der Waals surface area contributed by atoms with Gasteiger partial charge in [-0.15, -0.1) is 0 Å². The number of benzene rings is 1. The second kappa shape index (κ2) is 7.25. The Bertz CT molecular complexity index is 755. The number of hydrogen-bond donors (Lipinski definition) is 1. The highest BCUT2D eigenvalue weighted by molar-refractivity contribution is 5.78. The Balaban J connectivity index is 1.49. The number of ether oxygens (including phenoxy) is 1. The van der Waals surface area contributed by atoms with Crippen LogP contribution in [0, 0.1) is 19.7 Å². The Hall–Kier alpha value is -2.37. The number of aromatic nitrogens is 2. The number of rotatable bonds is 5. The lowest BCUT2D eigenvalue weighted by Gasteiger charge is -2.14. The van der Waals surface area contributed by atoms with Gasteiger partial charge in [-0.3, -0.25) is 9.48 Å².